The molecule has 0 saturated carbocycles. The second kappa shape index (κ2) is 7.51. The van der Waals surface area contributed by atoms with Gasteiger partial charge in [-0.3, -0.25) is 0 Å². The first-order valence-electron chi connectivity index (χ1n) is 5.42. The van der Waals surface area contributed by atoms with E-state index in [4.69, 9.17) is 21.1 Å². The Morgan fingerprint density at radius 2 is 2.11 bits per heavy atom. The van der Waals surface area contributed by atoms with Crippen molar-refractivity contribution in [1.29, 1.82) is 0 Å². The molecule has 0 radical (unpaired) electrons. The van der Waals surface area contributed by atoms with Gasteiger partial charge in [-0.1, -0.05) is 17.7 Å². The molecule has 0 spiro atoms. The van der Waals surface area contributed by atoms with Gasteiger partial charge in [-0.05, 0) is 17.7 Å². The molecular weight excluding hydrogens is 266 g/mol. The molecule has 0 aliphatic carbocycles. The van der Waals surface area contributed by atoms with Crippen molar-refractivity contribution in [2.24, 2.45) is 0 Å². The highest BCUT2D eigenvalue weighted by Crippen LogP contribution is 2.28. The standard InChI is InChI=1S/C12H15ClF2O3/c1-17-11-6-8(2-3-9(11)13)10(16)4-5-18-7-12(14)15/h2-3,6,10,12,16H,4-5,7H2,1H3. The summed E-state index contributed by atoms with van der Waals surface area (Å²) in [6.07, 6.45) is -3.05. The van der Waals surface area contributed by atoms with Crippen LogP contribution in [-0.4, -0.2) is 31.9 Å². The maximum Gasteiger partial charge on any atom is 0.261 e. The molecule has 1 atom stereocenters. The molecule has 0 saturated heterocycles. The van der Waals surface area contributed by atoms with E-state index in [1.54, 1.807) is 18.2 Å². The third-order valence-electron chi connectivity index (χ3n) is 2.34. The lowest BCUT2D eigenvalue weighted by molar-refractivity contribution is 0.00480. The summed E-state index contributed by atoms with van der Waals surface area (Å²) in [5, 5.41) is 10.3. The van der Waals surface area contributed by atoms with Gasteiger partial charge in [0.1, 0.15) is 12.4 Å². The molecule has 0 heterocycles. The van der Waals surface area contributed by atoms with E-state index < -0.39 is 19.1 Å². The van der Waals surface area contributed by atoms with Gasteiger partial charge >= 0.3 is 0 Å². The number of alkyl halides is 2. The predicted octanol–water partition coefficient (Wildman–Crippen LogP) is 3.05. The highest BCUT2D eigenvalue weighted by atomic mass is 35.5. The zero-order valence-electron chi connectivity index (χ0n) is 9.91. The topological polar surface area (TPSA) is 38.7 Å². The number of hydrogen-bond acceptors (Lipinski definition) is 3. The molecule has 102 valence electrons. The second-order valence-electron chi connectivity index (χ2n) is 3.66. The Labute approximate surface area is 109 Å². The molecule has 0 amide bonds. The van der Waals surface area contributed by atoms with Crippen LogP contribution in [0.5, 0.6) is 5.75 Å². The first-order chi connectivity index (χ1) is 8.54. The van der Waals surface area contributed by atoms with Gasteiger partial charge in [-0.15, -0.1) is 0 Å². The third kappa shape index (κ3) is 4.76. The highest BCUT2D eigenvalue weighted by Gasteiger charge is 2.11. The van der Waals surface area contributed by atoms with E-state index in [-0.39, 0.29) is 13.0 Å². The average molecular weight is 281 g/mol. The van der Waals surface area contributed by atoms with Gasteiger partial charge in [0.05, 0.1) is 18.2 Å². The minimum atomic E-state index is -2.49. The molecule has 3 nitrogen and oxygen atoms in total. The van der Waals surface area contributed by atoms with Crippen molar-refractivity contribution in [3.63, 3.8) is 0 Å². The maximum atomic E-state index is 11.8. The van der Waals surface area contributed by atoms with E-state index in [0.29, 0.717) is 16.3 Å². The molecule has 0 aliphatic rings. The van der Waals surface area contributed by atoms with Crippen LogP contribution in [0.4, 0.5) is 8.78 Å². The Bertz CT molecular complexity index is 374. The summed E-state index contributed by atoms with van der Waals surface area (Å²) >= 11 is 5.85. The van der Waals surface area contributed by atoms with Crippen molar-refractivity contribution < 1.29 is 23.4 Å². The molecule has 1 aromatic carbocycles. The van der Waals surface area contributed by atoms with Gasteiger partial charge in [0.25, 0.3) is 6.43 Å². The van der Waals surface area contributed by atoms with E-state index in [0.717, 1.165) is 0 Å². The molecule has 1 aromatic rings. The number of halogens is 3. The number of methoxy groups -OCH3 is 1. The monoisotopic (exact) mass is 280 g/mol. The molecule has 18 heavy (non-hydrogen) atoms. The van der Waals surface area contributed by atoms with Crippen molar-refractivity contribution in [1.82, 2.24) is 0 Å². The summed E-state index contributed by atoms with van der Waals surface area (Å²) in [6, 6.07) is 4.88. The van der Waals surface area contributed by atoms with E-state index in [2.05, 4.69) is 0 Å². The first kappa shape index (κ1) is 15.1. The van der Waals surface area contributed by atoms with Gasteiger partial charge in [0.2, 0.25) is 0 Å². The van der Waals surface area contributed by atoms with Crippen molar-refractivity contribution in [3.05, 3.63) is 28.8 Å². The summed E-state index contributed by atoms with van der Waals surface area (Å²) in [6.45, 7) is -0.549. The van der Waals surface area contributed by atoms with Crippen LogP contribution in [0.25, 0.3) is 0 Å². The zero-order chi connectivity index (χ0) is 13.5. The minimum Gasteiger partial charge on any atom is -0.495 e. The summed E-state index contributed by atoms with van der Waals surface area (Å²) in [5.41, 5.74) is 0.608. The Kier molecular flexibility index (Phi) is 6.32. The predicted molar refractivity (Wildman–Crippen MR) is 64.4 cm³/mol. The molecule has 0 bridgehead atoms. The van der Waals surface area contributed by atoms with Crippen molar-refractivity contribution >= 4 is 11.6 Å². The van der Waals surface area contributed by atoms with Crippen LogP contribution < -0.4 is 4.74 Å². The largest absolute Gasteiger partial charge is 0.495 e. The number of ether oxygens (including phenoxy) is 2. The van der Waals surface area contributed by atoms with Crippen molar-refractivity contribution in [2.75, 3.05) is 20.3 Å². The van der Waals surface area contributed by atoms with Gasteiger partial charge < -0.3 is 14.6 Å². The number of aliphatic hydroxyl groups is 1. The van der Waals surface area contributed by atoms with E-state index >= 15 is 0 Å². The first-order valence-corrected chi connectivity index (χ1v) is 5.79. The Morgan fingerprint density at radius 3 is 2.72 bits per heavy atom. The lowest BCUT2D eigenvalue weighted by Gasteiger charge is -2.13. The smallest absolute Gasteiger partial charge is 0.261 e. The van der Waals surface area contributed by atoms with E-state index in [1.807, 2.05) is 0 Å². The fourth-order valence-corrected chi connectivity index (χ4v) is 1.61. The normalized spacial score (nSPS) is 12.8. The summed E-state index contributed by atoms with van der Waals surface area (Å²) in [4.78, 5) is 0. The molecule has 1 N–H and O–H groups in total. The summed E-state index contributed by atoms with van der Waals surface area (Å²) in [7, 11) is 1.48. The molecule has 1 unspecified atom stereocenters. The summed E-state index contributed by atoms with van der Waals surface area (Å²) in [5.74, 6) is 0.460. The van der Waals surface area contributed by atoms with E-state index in [9.17, 15) is 13.9 Å². The van der Waals surface area contributed by atoms with Crippen LogP contribution in [0.1, 0.15) is 18.1 Å². The van der Waals surface area contributed by atoms with Crippen LogP contribution >= 0.6 is 11.6 Å². The SMILES string of the molecule is COc1cc(C(O)CCOCC(F)F)ccc1Cl. The van der Waals surface area contributed by atoms with Crippen LogP contribution in [0.15, 0.2) is 18.2 Å². The molecule has 0 aromatic heterocycles. The zero-order valence-corrected chi connectivity index (χ0v) is 10.7. The molecular formula is C12H15ClF2O3. The molecule has 0 fully saturated rings. The average Bonchev–Trinajstić information content (AvgIpc) is 2.34. The lowest BCUT2D eigenvalue weighted by Crippen LogP contribution is -2.08. The van der Waals surface area contributed by atoms with Crippen molar-refractivity contribution in [3.8, 4) is 5.75 Å². The van der Waals surface area contributed by atoms with Crippen LogP contribution in [0, 0.1) is 0 Å². The summed E-state index contributed by atoms with van der Waals surface area (Å²) < 4.78 is 33.3. The fourth-order valence-electron chi connectivity index (χ4n) is 1.42. The van der Waals surface area contributed by atoms with Gasteiger partial charge in [0.15, 0.2) is 0 Å². The number of rotatable bonds is 7. The quantitative estimate of drug-likeness (QED) is 0.780. The second-order valence-corrected chi connectivity index (χ2v) is 4.07. The van der Waals surface area contributed by atoms with Crippen LogP contribution in [-0.2, 0) is 4.74 Å². The van der Waals surface area contributed by atoms with Crippen LogP contribution in [0.2, 0.25) is 5.02 Å². The van der Waals surface area contributed by atoms with E-state index in [1.165, 1.54) is 7.11 Å². The highest BCUT2D eigenvalue weighted by molar-refractivity contribution is 6.32. The third-order valence-corrected chi connectivity index (χ3v) is 2.65. The molecule has 0 aliphatic heterocycles. The number of benzene rings is 1. The van der Waals surface area contributed by atoms with Crippen molar-refractivity contribution in [2.45, 2.75) is 19.0 Å². The fraction of sp³-hybridized carbons (Fsp3) is 0.500. The number of hydrogen-bond donors (Lipinski definition) is 1. The number of aliphatic hydroxyl groups excluding tert-OH is 1. The maximum absolute atomic E-state index is 11.8. The molecule has 6 heteroatoms. The Balaban J connectivity index is 2.48. The minimum absolute atomic E-state index is 0.0659. The molecule has 1 rings (SSSR count). The Morgan fingerprint density at radius 1 is 1.39 bits per heavy atom. The Hall–Kier alpha value is -0.910. The van der Waals surface area contributed by atoms with Crippen LogP contribution in [0.3, 0.4) is 0 Å². The lowest BCUT2D eigenvalue weighted by atomic mass is 10.1. The van der Waals surface area contributed by atoms with Gasteiger partial charge in [-0.25, -0.2) is 8.78 Å². The van der Waals surface area contributed by atoms with Gasteiger partial charge in [0, 0.05) is 13.0 Å². The van der Waals surface area contributed by atoms with Gasteiger partial charge in [-0.2, -0.15) is 0 Å².